The summed E-state index contributed by atoms with van der Waals surface area (Å²) >= 11 is 0. The predicted molar refractivity (Wildman–Crippen MR) is 71.7 cm³/mol. The van der Waals surface area contributed by atoms with Crippen LogP contribution >= 0.6 is 0 Å². The molecule has 5 nitrogen and oxygen atoms in total. The van der Waals surface area contributed by atoms with Crippen molar-refractivity contribution in [2.75, 3.05) is 5.73 Å². The van der Waals surface area contributed by atoms with Crippen molar-refractivity contribution in [1.29, 1.82) is 0 Å². The number of benzene rings is 1. The summed E-state index contributed by atoms with van der Waals surface area (Å²) in [5, 5.41) is 11.9. The molecule has 2 rings (SSSR count). The second kappa shape index (κ2) is 4.76. The number of nitrogens with zero attached hydrogens (tertiary/aromatic N) is 4. The third-order valence-corrected chi connectivity index (χ3v) is 3.21. The van der Waals surface area contributed by atoms with Crippen LogP contribution in [0.3, 0.4) is 0 Å². The first-order valence-corrected chi connectivity index (χ1v) is 6.14. The van der Waals surface area contributed by atoms with E-state index in [1.807, 2.05) is 28.9 Å². The zero-order valence-corrected chi connectivity index (χ0v) is 11.1. The van der Waals surface area contributed by atoms with Gasteiger partial charge in [0.05, 0.1) is 6.54 Å². The van der Waals surface area contributed by atoms with Crippen LogP contribution < -0.4 is 5.73 Å². The molecule has 2 N–H and O–H groups in total. The quantitative estimate of drug-likeness (QED) is 0.839. The number of tetrazole rings is 1. The zero-order valence-electron chi connectivity index (χ0n) is 11.1. The van der Waals surface area contributed by atoms with Gasteiger partial charge in [-0.25, -0.2) is 4.68 Å². The highest BCUT2D eigenvalue weighted by atomic mass is 15.5. The van der Waals surface area contributed by atoms with Crippen molar-refractivity contribution in [3.63, 3.8) is 0 Å². The topological polar surface area (TPSA) is 69.6 Å². The van der Waals surface area contributed by atoms with Crippen LogP contribution in [0.25, 0.3) is 11.4 Å². The molecule has 0 amide bonds. The fourth-order valence-corrected chi connectivity index (χ4v) is 1.71. The van der Waals surface area contributed by atoms with Gasteiger partial charge >= 0.3 is 0 Å². The van der Waals surface area contributed by atoms with Gasteiger partial charge in [0, 0.05) is 11.3 Å². The second-order valence-corrected chi connectivity index (χ2v) is 5.30. The molecule has 0 saturated carbocycles. The molecular formula is C13H19N5. The smallest absolute Gasteiger partial charge is 0.182 e. The maximum absolute atomic E-state index is 5.79. The van der Waals surface area contributed by atoms with Crippen molar-refractivity contribution in [2.45, 2.75) is 33.7 Å². The standard InChI is InChI=1S/C13H19N5/c1-4-13(2,3)9-18-12(15-16-17-18)10-6-5-7-11(14)8-10/h5-8H,4,9,14H2,1-3H3. The Morgan fingerprint density at radius 3 is 2.78 bits per heavy atom. The van der Waals surface area contributed by atoms with Gasteiger partial charge in [-0.2, -0.15) is 0 Å². The second-order valence-electron chi connectivity index (χ2n) is 5.30. The monoisotopic (exact) mass is 245 g/mol. The van der Waals surface area contributed by atoms with Crippen LogP contribution in [-0.4, -0.2) is 20.2 Å². The number of aromatic nitrogens is 4. The van der Waals surface area contributed by atoms with Crippen molar-refractivity contribution in [1.82, 2.24) is 20.2 Å². The van der Waals surface area contributed by atoms with Gasteiger partial charge < -0.3 is 5.73 Å². The van der Waals surface area contributed by atoms with Gasteiger partial charge in [-0.3, -0.25) is 0 Å². The maximum atomic E-state index is 5.79. The van der Waals surface area contributed by atoms with Gasteiger partial charge in [-0.05, 0) is 34.4 Å². The Hall–Kier alpha value is -1.91. The molecule has 0 unspecified atom stereocenters. The first-order valence-electron chi connectivity index (χ1n) is 6.14. The van der Waals surface area contributed by atoms with Gasteiger partial charge in [0.2, 0.25) is 0 Å². The van der Waals surface area contributed by atoms with Crippen molar-refractivity contribution in [3.8, 4) is 11.4 Å². The third-order valence-electron chi connectivity index (χ3n) is 3.21. The minimum absolute atomic E-state index is 0.171. The average molecular weight is 245 g/mol. The Morgan fingerprint density at radius 1 is 1.33 bits per heavy atom. The SMILES string of the molecule is CCC(C)(C)Cn1nnnc1-c1cccc(N)c1. The van der Waals surface area contributed by atoms with Crippen LogP contribution in [0.5, 0.6) is 0 Å². The van der Waals surface area contributed by atoms with E-state index in [-0.39, 0.29) is 5.41 Å². The molecule has 0 atom stereocenters. The van der Waals surface area contributed by atoms with Crippen molar-refractivity contribution in [3.05, 3.63) is 24.3 Å². The molecule has 0 fully saturated rings. The highest BCUT2D eigenvalue weighted by molar-refractivity contribution is 5.60. The average Bonchev–Trinajstić information content (AvgIpc) is 2.76. The van der Waals surface area contributed by atoms with Crippen LogP contribution in [0.4, 0.5) is 5.69 Å². The number of nitrogen functional groups attached to an aromatic ring is 1. The summed E-state index contributed by atoms with van der Waals surface area (Å²) in [5.41, 5.74) is 7.63. The van der Waals surface area contributed by atoms with E-state index in [0.29, 0.717) is 0 Å². The Morgan fingerprint density at radius 2 is 2.11 bits per heavy atom. The van der Waals surface area contributed by atoms with Gasteiger partial charge in [0.25, 0.3) is 0 Å². The number of hydrogen-bond donors (Lipinski definition) is 1. The fourth-order valence-electron chi connectivity index (χ4n) is 1.71. The summed E-state index contributed by atoms with van der Waals surface area (Å²) in [6.07, 6.45) is 1.07. The minimum Gasteiger partial charge on any atom is -0.399 e. The van der Waals surface area contributed by atoms with E-state index in [1.165, 1.54) is 0 Å². The zero-order chi connectivity index (χ0) is 13.2. The van der Waals surface area contributed by atoms with Crippen LogP contribution in [0.15, 0.2) is 24.3 Å². The van der Waals surface area contributed by atoms with E-state index in [0.717, 1.165) is 30.0 Å². The molecule has 0 aliphatic carbocycles. The van der Waals surface area contributed by atoms with Gasteiger partial charge in [-0.15, -0.1) is 5.10 Å². The minimum atomic E-state index is 0.171. The first-order chi connectivity index (χ1) is 8.52. The first kappa shape index (κ1) is 12.5. The Kier molecular flexibility index (Phi) is 3.32. The molecule has 0 aliphatic heterocycles. The Bertz CT molecular complexity index is 530. The fraction of sp³-hybridized carbons (Fsp3) is 0.462. The lowest BCUT2D eigenvalue weighted by Crippen LogP contribution is -2.20. The summed E-state index contributed by atoms with van der Waals surface area (Å²) in [7, 11) is 0. The molecule has 0 radical (unpaired) electrons. The molecule has 2 aromatic rings. The maximum Gasteiger partial charge on any atom is 0.182 e. The van der Waals surface area contributed by atoms with Gasteiger partial charge in [0.15, 0.2) is 5.82 Å². The lowest BCUT2D eigenvalue weighted by molar-refractivity contribution is 0.279. The summed E-state index contributed by atoms with van der Waals surface area (Å²) in [4.78, 5) is 0. The molecule has 18 heavy (non-hydrogen) atoms. The molecule has 0 spiro atoms. The molecular weight excluding hydrogens is 226 g/mol. The van der Waals surface area contributed by atoms with Crippen molar-refractivity contribution in [2.24, 2.45) is 5.41 Å². The van der Waals surface area contributed by atoms with Crippen molar-refractivity contribution >= 4 is 5.69 Å². The van der Waals surface area contributed by atoms with E-state index in [9.17, 15) is 0 Å². The van der Waals surface area contributed by atoms with E-state index in [1.54, 1.807) is 0 Å². The summed E-state index contributed by atoms with van der Waals surface area (Å²) < 4.78 is 1.85. The largest absolute Gasteiger partial charge is 0.399 e. The van der Waals surface area contributed by atoms with Crippen molar-refractivity contribution < 1.29 is 0 Å². The number of hydrogen-bond acceptors (Lipinski definition) is 4. The number of rotatable bonds is 4. The van der Waals surface area contributed by atoms with Crippen LogP contribution in [-0.2, 0) is 6.54 Å². The van der Waals surface area contributed by atoms with E-state index >= 15 is 0 Å². The molecule has 0 saturated heterocycles. The summed E-state index contributed by atoms with van der Waals surface area (Å²) in [6.45, 7) is 7.38. The molecule has 5 heteroatoms. The van der Waals surface area contributed by atoms with E-state index in [4.69, 9.17) is 5.73 Å². The lowest BCUT2D eigenvalue weighted by atomic mass is 9.90. The summed E-state index contributed by atoms with van der Waals surface area (Å²) in [6, 6.07) is 7.63. The number of nitrogens with two attached hydrogens (primary N) is 1. The lowest BCUT2D eigenvalue weighted by Gasteiger charge is -2.22. The molecule has 1 aromatic carbocycles. The summed E-state index contributed by atoms with van der Waals surface area (Å²) in [5.74, 6) is 0.767. The van der Waals surface area contributed by atoms with E-state index in [2.05, 4.69) is 36.3 Å². The normalized spacial score (nSPS) is 11.7. The molecule has 0 aliphatic rings. The third kappa shape index (κ3) is 2.67. The molecule has 96 valence electrons. The highest BCUT2D eigenvalue weighted by Crippen LogP contribution is 2.25. The van der Waals surface area contributed by atoms with Gasteiger partial charge in [-0.1, -0.05) is 32.9 Å². The predicted octanol–water partition coefficient (Wildman–Crippen LogP) is 2.36. The molecule has 1 aromatic heterocycles. The number of anilines is 1. The molecule has 0 bridgehead atoms. The Labute approximate surface area is 107 Å². The Balaban J connectivity index is 2.33. The van der Waals surface area contributed by atoms with Gasteiger partial charge in [0.1, 0.15) is 0 Å². The van der Waals surface area contributed by atoms with Crippen LogP contribution in [0.2, 0.25) is 0 Å². The highest BCUT2D eigenvalue weighted by Gasteiger charge is 2.19. The molecule has 1 heterocycles. The van der Waals surface area contributed by atoms with Crippen LogP contribution in [0.1, 0.15) is 27.2 Å². The van der Waals surface area contributed by atoms with Crippen LogP contribution in [0, 0.1) is 5.41 Å². The van der Waals surface area contributed by atoms with E-state index < -0.39 is 0 Å².